The summed E-state index contributed by atoms with van der Waals surface area (Å²) in [7, 11) is -0.414. The maximum Gasteiger partial charge on any atom is 0.319 e. The van der Waals surface area contributed by atoms with Crippen LogP contribution in [0.1, 0.15) is 28.8 Å². The summed E-state index contributed by atoms with van der Waals surface area (Å²) < 4.78 is 29.5. The van der Waals surface area contributed by atoms with Crippen LogP contribution < -0.4 is 10.0 Å². The van der Waals surface area contributed by atoms with Crippen molar-refractivity contribution in [1.82, 2.24) is 14.5 Å². The summed E-state index contributed by atoms with van der Waals surface area (Å²) >= 11 is 0. The summed E-state index contributed by atoms with van der Waals surface area (Å²) in [6.07, 6.45) is 1.09. The number of urea groups is 1. The number of rotatable bonds is 5. The van der Waals surface area contributed by atoms with Gasteiger partial charge in [-0.25, -0.2) is 17.9 Å². The Hall–Kier alpha value is -3.43. The van der Waals surface area contributed by atoms with E-state index >= 15 is 0 Å². The number of likely N-dealkylation sites (tertiary alicyclic amines) is 1. The van der Waals surface area contributed by atoms with Crippen LogP contribution in [0, 0.1) is 6.92 Å². The van der Waals surface area contributed by atoms with Crippen molar-refractivity contribution in [2.75, 3.05) is 32.5 Å². The third-order valence-electron chi connectivity index (χ3n) is 6.28. The number of sulfonamides is 1. The van der Waals surface area contributed by atoms with Crippen LogP contribution >= 0.6 is 0 Å². The zero-order chi connectivity index (χ0) is 25.2. The first-order valence-electron chi connectivity index (χ1n) is 11.5. The van der Waals surface area contributed by atoms with Crippen LogP contribution in [-0.2, 0) is 10.0 Å². The quantitative estimate of drug-likeness (QED) is 0.563. The molecule has 1 aliphatic rings. The number of hydrogen-bond donors (Lipinski definition) is 2. The molecule has 1 saturated heterocycles. The highest BCUT2D eigenvalue weighted by Gasteiger charge is 2.28. The fourth-order valence-corrected chi connectivity index (χ4v) is 5.90. The number of nitrogens with one attached hydrogen (secondary N) is 2. The van der Waals surface area contributed by atoms with Gasteiger partial charge in [-0.05, 0) is 43.5 Å². The monoisotopic (exact) mass is 494 g/mol. The van der Waals surface area contributed by atoms with E-state index in [-0.39, 0.29) is 22.9 Å². The highest BCUT2D eigenvalue weighted by Crippen LogP contribution is 2.30. The molecule has 0 aliphatic carbocycles. The first-order chi connectivity index (χ1) is 16.7. The first kappa shape index (κ1) is 24.7. The molecule has 3 amide bonds. The Kier molecular flexibility index (Phi) is 7.09. The highest BCUT2D eigenvalue weighted by molar-refractivity contribution is 7.89. The van der Waals surface area contributed by atoms with Gasteiger partial charge >= 0.3 is 6.03 Å². The van der Waals surface area contributed by atoms with Gasteiger partial charge in [-0.1, -0.05) is 42.5 Å². The standard InChI is InChI=1S/C26H30N4O4S/c1-18-8-4-5-9-20(18)25(31)27-23-12-13-24(22-11-7-6-10-21(22)23)35(33,34)28-19-14-16-30(17-15-19)26(32)29(2)3/h4-13,19,28H,14-17H2,1-3H3,(H,27,31). The molecular formula is C26H30N4O4S. The number of carbonyl (C=O) groups is 2. The second-order valence-electron chi connectivity index (χ2n) is 8.99. The SMILES string of the molecule is Cc1ccccc1C(=O)Nc1ccc(S(=O)(=O)NC2CCN(C(=O)N(C)C)CC2)c2ccccc12. The minimum absolute atomic E-state index is 0.0689. The average molecular weight is 495 g/mol. The molecule has 35 heavy (non-hydrogen) atoms. The highest BCUT2D eigenvalue weighted by atomic mass is 32.2. The second kappa shape index (κ2) is 10.1. The van der Waals surface area contributed by atoms with E-state index in [1.165, 1.54) is 11.0 Å². The summed E-state index contributed by atoms with van der Waals surface area (Å²) in [5.74, 6) is -0.249. The van der Waals surface area contributed by atoms with E-state index in [2.05, 4.69) is 10.0 Å². The predicted molar refractivity (Wildman–Crippen MR) is 137 cm³/mol. The summed E-state index contributed by atoms with van der Waals surface area (Å²) in [4.78, 5) is 28.4. The van der Waals surface area contributed by atoms with Gasteiger partial charge in [0.2, 0.25) is 10.0 Å². The van der Waals surface area contributed by atoms with E-state index < -0.39 is 10.0 Å². The molecule has 0 spiro atoms. The van der Waals surface area contributed by atoms with Gasteiger partial charge in [-0.15, -0.1) is 0 Å². The molecule has 0 atom stereocenters. The van der Waals surface area contributed by atoms with Crippen LogP contribution in [-0.4, -0.2) is 63.4 Å². The number of piperidine rings is 1. The molecule has 9 heteroatoms. The molecule has 0 radical (unpaired) electrons. The number of anilines is 1. The van der Waals surface area contributed by atoms with Crippen LogP contribution in [0.4, 0.5) is 10.5 Å². The molecule has 0 unspecified atom stereocenters. The van der Waals surface area contributed by atoms with Crippen molar-refractivity contribution in [3.63, 3.8) is 0 Å². The van der Waals surface area contributed by atoms with E-state index in [9.17, 15) is 18.0 Å². The molecule has 1 heterocycles. The van der Waals surface area contributed by atoms with E-state index in [4.69, 9.17) is 0 Å². The number of benzene rings is 3. The van der Waals surface area contributed by atoms with Gasteiger partial charge in [0.25, 0.3) is 5.91 Å². The summed E-state index contributed by atoms with van der Waals surface area (Å²) in [6, 6.07) is 17.3. The second-order valence-corrected chi connectivity index (χ2v) is 10.7. The maximum absolute atomic E-state index is 13.4. The Morgan fingerprint density at radius 1 is 0.914 bits per heavy atom. The molecule has 1 fully saturated rings. The molecule has 0 bridgehead atoms. The first-order valence-corrected chi connectivity index (χ1v) is 13.0. The number of hydrogen-bond acceptors (Lipinski definition) is 4. The largest absolute Gasteiger partial charge is 0.331 e. The van der Waals surface area contributed by atoms with Crippen LogP contribution in [0.15, 0.2) is 65.6 Å². The fraction of sp³-hybridized carbons (Fsp3) is 0.308. The minimum atomic E-state index is -3.82. The van der Waals surface area contributed by atoms with Gasteiger partial charge in [-0.2, -0.15) is 0 Å². The lowest BCUT2D eigenvalue weighted by Crippen LogP contribution is -2.49. The lowest BCUT2D eigenvalue weighted by Gasteiger charge is -2.33. The van der Waals surface area contributed by atoms with E-state index in [0.29, 0.717) is 48.0 Å². The Morgan fingerprint density at radius 3 is 2.20 bits per heavy atom. The van der Waals surface area contributed by atoms with Crippen LogP contribution in [0.25, 0.3) is 10.8 Å². The molecule has 184 valence electrons. The van der Waals surface area contributed by atoms with Crippen molar-refractivity contribution >= 4 is 38.4 Å². The normalized spacial score (nSPS) is 14.7. The molecule has 2 N–H and O–H groups in total. The van der Waals surface area contributed by atoms with Crippen LogP contribution in [0.5, 0.6) is 0 Å². The Labute approximate surface area is 206 Å². The number of amides is 3. The van der Waals surface area contributed by atoms with Crippen molar-refractivity contribution in [3.8, 4) is 0 Å². The average Bonchev–Trinajstić information content (AvgIpc) is 2.84. The van der Waals surface area contributed by atoms with Gasteiger partial charge in [-0.3, -0.25) is 4.79 Å². The zero-order valence-electron chi connectivity index (χ0n) is 20.1. The van der Waals surface area contributed by atoms with E-state index in [1.807, 2.05) is 31.2 Å². The molecule has 0 aromatic heterocycles. The summed E-state index contributed by atoms with van der Waals surface area (Å²) in [5.41, 5.74) is 1.97. The minimum Gasteiger partial charge on any atom is -0.331 e. The molecular weight excluding hydrogens is 464 g/mol. The number of aryl methyl sites for hydroxylation is 1. The molecule has 8 nitrogen and oxygen atoms in total. The Morgan fingerprint density at radius 2 is 1.54 bits per heavy atom. The van der Waals surface area contributed by atoms with Crippen molar-refractivity contribution in [3.05, 3.63) is 71.8 Å². The van der Waals surface area contributed by atoms with Crippen molar-refractivity contribution in [2.45, 2.75) is 30.7 Å². The van der Waals surface area contributed by atoms with E-state index in [1.54, 1.807) is 49.3 Å². The third-order valence-corrected chi connectivity index (χ3v) is 7.86. The third kappa shape index (κ3) is 5.31. The Balaban J connectivity index is 1.56. The van der Waals surface area contributed by atoms with Gasteiger partial charge in [0.05, 0.1) is 4.90 Å². The summed E-state index contributed by atoms with van der Waals surface area (Å²) in [6.45, 7) is 2.86. The predicted octanol–water partition coefficient (Wildman–Crippen LogP) is 3.82. The molecule has 0 saturated carbocycles. The van der Waals surface area contributed by atoms with Crippen molar-refractivity contribution in [2.24, 2.45) is 0 Å². The smallest absolute Gasteiger partial charge is 0.319 e. The lowest BCUT2D eigenvalue weighted by molar-refractivity contribution is 0.102. The van der Waals surface area contributed by atoms with Crippen molar-refractivity contribution in [1.29, 1.82) is 0 Å². The number of fused-ring (bicyclic) bond motifs is 1. The molecule has 4 rings (SSSR count). The topological polar surface area (TPSA) is 98.8 Å². The van der Waals surface area contributed by atoms with Crippen LogP contribution in [0.3, 0.4) is 0 Å². The van der Waals surface area contributed by atoms with E-state index in [0.717, 1.165) is 5.56 Å². The summed E-state index contributed by atoms with van der Waals surface area (Å²) in [5, 5.41) is 4.10. The molecule has 3 aromatic carbocycles. The van der Waals surface area contributed by atoms with Gasteiger partial charge in [0.1, 0.15) is 0 Å². The maximum atomic E-state index is 13.4. The van der Waals surface area contributed by atoms with Gasteiger partial charge in [0.15, 0.2) is 0 Å². The van der Waals surface area contributed by atoms with Gasteiger partial charge in [0, 0.05) is 55.2 Å². The lowest BCUT2D eigenvalue weighted by atomic mass is 10.1. The van der Waals surface area contributed by atoms with Gasteiger partial charge < -0.3 is 15.1 Å². The zero-order valence-corrected chi connectivity index (χ0v) is 20.9. The molecule has 1 aliphatic heterocycles. The number of nitrogens with zero attached hydrogens (tertiary/aromatic N) is 2. The number of carbonyl (C=O) groups excluding carboxylic acids is 2. The molecule has 3 aromatic rings. The fourth-order valence-electron chi connectivity index (χ4n) is 4.39. The van der Waals surface area contributed by atoms with Crippen molar-refractivity contribution < 1.29 is 18.0 Å². The van der Waals surface area contributed by atoms with Crippen LogP contribution in [0.2, 0.25) is 0 Å². The Bertz CT molecular complexity index is 1360.